The van der Waals surface area contributed by atoms with Crippen LogP contribution in [-0.4, -0.2) is 24.2 Å². The Bertz CT molecular complexity index is 339. The Kier molecular flexibility index (Phi) is 5.20. The molecule has 17 heavy (non-hydrogen) atoms. The molecule has 1 aromatic carbocycles. The summed E-state index contributed by atoms with van der Waals surface area (Å²) in [6.45, 7) is 3.92. The monoisotopic (exact) mass is 251 g/mol. The van der Waals surface area contributed by atoms with E-state index in [0.717, 1.165) is 36.4 Å². The average molecular weight is 251 g/mol. The van der Waals surface area contributed by atoms with Crippen molar-refractivity contribution < 1.29 is 4.74 Å². The van der Waals surface area contributed by atoms with E-state index in [-0.39, 0.29) is 0 Å². The summed E-state index contributed by atoms with van der Waals surface area (Å²) in [5, 5.41) is 3.53. The zero-order chi connectivity index (χ0) is 11.9. The van der Waals surface area contributed by atoms with Crippen LogP contribution in [0.4, 0.5) is 0 Å². The van der Waals surface area contributed by atoms with Gasteiger partial charge in [-0.05, 0) is 24.7 Å². The first kappa shape index (κ1) is 12.8. The first-order valence-electron chi connectivity index (χ1n) is 6.42. The van der Waals surface area contributed by atoms with Crippen molar-refractivity contribution in [1.82, 2.24) is 5.32 Å². The number of nitrogens with one attached hydrogen (secondary N) is 1. The van der Waals surface area contributed by atoms with Crippen molar-refractivity contribution in [3.05, 3.63) is 29.8 Å². The van der Waals surface area contributed by atoms with Crippen LogP contribution in [-0.2, 0) is 6.54 Å². The summed E-state index contributed by atoms with van der Waals surface area (Å²) in [6, 6.07) is 9.09. The molecule has 0 bridgehead atoms. The highest BCUT2D eigenvalue weighted by Gasteiger charge is 2.20. The van der Waals surface area contributed by atoms with Crippen molar-refractivity contribution in [1.29, 1.82) is 0 Å². The van der Waals surface area contributed by atoms with E-state index < -0.39 is 0 Å². The third-order valence-electron chi connectivity index (χ3n) is 2.82. The van der Waals surface area contributed by atoms with Gasteiger partial charge in [0.15, 0.2) is 0 Å². The predicted molar refractivity (Wildman–Crippen MR) is 74.8 cm³/mol. The summed E-state index contributed by atoms with van der Waals surface area (Å²) < 4.78 is 5.83. The molecule has 1 aliphatic carbocycles. The van der Waals surface area contributed by atoms with Crippen molar-refractivity contribution in [2.75, 3.05) is 18.1 Å². The number of hydrogen-bond acceptors (Lipinski definition) is 3. The van der Waals surface area contributed by atoms with Gasteiger partial charge in [0, 0.05) is 23.9 Å². The molecule has 1 saturated carbocycles. The topological polar surface area (TPSA) is 21.3 Å². The van der Waals surface area contributed by atoms with Gasteiger partial charge in [-0.2, -0.15) is 11.8 Å². The van der Waals surface area contributed by atoms with Gasteiger partial charge in [0.2, 0.25) is 0 Å². The van der Waals surface area contributed by atoms with Gasteiger partial charge in [0.25, 0.3) is 0 Å². The quantitative estimate of drug-likeness (QED) is 0.717. The van der Waals surface area contributed by atoms with Crippen LogP contribution in [0, 0.1) is 0 Å². The second-order valence-corrected chi connectivity index (χ2v) is 5.70. The largest absolute Gasteiger partial charge is 0.492 e. The standard InChI is InChI=1S/C14H21NOS/c1-2-17-10-9-16-14-6-4-3-5-12(14)11-15-13-7-8-13/h3-6,13,15H,2,7-11H2,1H3. The Labute approximate surface area is 108 Å². The molecule has 0 amide bonds. The van der Waals surface area contributed by atoms with Gasteiger partial charge in [-0.3, -0.25) is 0 Å². The lowest BCUT2D eigenvalue weighted by atomic mass is 10.2. The van der Waals surface area contributed by atoms with Crippen LogP contribution in [0.15, 0.2) is 24.3 Å². The molecular weight excluding hydrogens is 230 g/mol. The number of hydrogen-bond donors (Lipinski definition) is 1. The molecule has 0 atom stereocenters. The first-order chi connectivity index (χ1) is 8.40. The maximum absolute atomic E-state index is 5.83. The summed E-state index contributed by atoms with van der Waals surface area (Å²) in [6.07, 6.45) is 2.66. The summed E-state index contributed by atoms with van der Waals surface area (Å²) in [5.41, 5.74) is 1.28. The molecule has 0 spiro atoms. The zero-order valence-electron chi connectivity index (χ0n) is 10.4. The Balaban J connectivity index is 1.80. The minimum atomic E-state index is 0.749. The van der Waals surface area contributed by atoms with Crippen molar-refractivity contribution in [3.63, 3.8) is 0 Å². The lowest BCUT2D eigenvalue weighted by Crippen LogP contribution is -2.16. The fourth-order valence-corrected chi connectivity index (χ4v) is 2.18. The minimum absolute atomic E-state index is 0.749. The molecule has 2 rings (SSSR count). The molecule has 3 heteroatoms. The molecule has 0 unspecified atom stereocenters. The van der Waals surface area contributed by atoms with Gasteiger partial charge in [-0.25, -0.2) is 0 Å². The summed E-state index contributed by atoms with van der Waals surface area (Å²) in [5.74, 6) is 3.27. The number of benzene rings is 1. The summed E-state index contributed by atoms with van der Waals surface area (Å²) in [4.78, 5) is 0. The van der Waals surface area contributed by atoms with Crippen molar-refractivity contribution in [2.24, 2.45) is 0 Å². The Morgan fingerprint density at radius 3 is 2.94 bits per heavy atom. The van der Waals surface area contributed by atoms with Crippen LogP contribution >= 0.6 is 11.8 Å². The molecule has 0 aromatic heterocycles. The molecule has 1 N–H and O–H groups in total. The van der Waals surface area contributed by atoms with Crippen LogP contribution in [0.5, 0.6) is 5.75 Å². The maximum atomic E-state index is 5.83. The second-order valence-electron chi connectivity index (χ2n) is 4.31. The lowest BCUT2D eigenvalue weighted by molar-refractivity contribution is 0.339. The molecular formula is C14H21NOS. The van der Waals surface area contributed by atoms with Gasteiger partial charge >= 0.3 is 0 Å². The molecule has 0 radical (unpaired) electrons. The molecule has 94 valence electrons. The molecule has 1 aliphatic rings. The van der Waals surface area contributed by atoms with Gasteiger partial charge < -0.3 is 10.1 Å². The normalized spacial score (nSPS) is 14.9. The van der Waals surface area contributed by atoms with Crippen molar-refractivity contribution in [3.8, 4) is 5.75 Å². The third kappa shape index (κ3) is 4.60. The van der Waals surface area contributed by atoms with E-state index in [1.165, 1.54) is 18.4 Å². The number of rotatable bonds is 8. The molecule has 0 aliphatic heterocycles. The van der Waals surface area contributed by atoms with Crippen LogP contribution in [0.25, 0.3) is 0 Å². The fraction of sp³-hybridized carbons (Fsp3) is 0.571. The highest BCUT2D eigenvalue weighted by atomic mass is 32.2. The Morgan fingerprint density at radius 2 is 2.18 bits per heavy atom. The Morgan fingerprint density at radius 1 is 1.35 bits per heavy atom. The number of ether oxygens (including phenoxy) is 1. The van der Waals surface area contributed by atoms with Crippen LogP contribution < -0.4 is 10.1 Å². The van der Waals surface area contributed by atoms with Gasteiger partial charge in [-0.15, -0.1) is 0 Å². The molecule has 0 saturated heterocycles. The second kappa shape index (κ2) is 6.92. The van der Waals surface area contributed by atoms with Gasteiger partial charge in [0.05, 0.1) is 6.61 Å². The van der Waals surface area contributed by atoms with Gasteiger partial charge in [0.1, 0.15) is 5.75 Å². The van der Waals surface area contributed by atoms with E-state index in [4.69, 9.17) is 4.74 Å². The highest BCUT2D eigenvalue weighted by molar-refractivity contribution is 7.99. The van der Waals surface area contributed by atoms with Gasteiger partial charge in [-0.1, -0.05) is 25.1 Å². The van der Waals surface area contributed by atoms with Crippen LogP contribution in [0.3, 0.4) is 0 Å². The molecule has 2 nitrogen and oxygen atoms in total. The summed E-state index contributed by atoms with van der Waals surface area (Å²) in [7, 11) is 0. The van der Waals surface area contributed by atoms with Crippen molar-refractivity contribution in [2.45, 2.75) is 32.4 Å². The summed E-state index contributed by atoms with van der Waals surface area (Å²) >= 11 is 1.92. The maximum Gasteiger partial charge on any atom is 0.123 e. The van der Waals surface area contributed by atoms with Crippen molar-refractivity contribution >= 4 is 11.8 Å². The SMILES string of the molecule is CCSCCOc1ccccc1CNC1CC1. The van der Waals surface area contributed by atoms with Crippen LogP contribution in [0.1, 0.15) is 25.3 Å². The Hall–Kier alpha value is -0.670. The van der Waals surface area contributed by atoms with E-state index in [1.807, 2.05) is 17.8 Å². The van der Waals surface area contributed by atoms with E-state index >= 15 is 0 Å². The first-order valence-corrected chi connectivity index (χ1v) is 7.57. The smallest absolute Gasteiger partial charge is 0.123 e. The highest BCUT2D eigenvalue weighted by Crippen LogP contribution is 2.22. The molecule has 0 heterocycles. The predicted octanol–water partition coefficient (Wildman–Crippen LogP) is 3.07. The minimum Gasteiger partial charge on any atom is -0.492 e. The number of thioether (sulfide) groups is 1. The van der Waals surface area contributed by atoms with Crippen LogP contribution in [0.2, 0.25) is 0 Å². The van der Waals surface area contributed by atoms with E-state index in [2.05, 4.69) is 30.4 Å². The fourth-order valence-electron chi connectivity index (χ4n) is 1.69. The van der Waals surface area contributed by atoms with E-state index in [9.17, 15) is 0 Å². The number of para-hydroxylation sites is 1. The molecule has 1 aromatic rings. The lowest BCUT2D eigenvalue weighted by Gasteiger charge is -2.11. The molecule has 1 fully saturated rings. The third-order valence-corrected chi connectivity index (χ3v) is 3.68. The average Bonchev–Trinajstić information content (AvgIpc) is 3.17. The van der Waals surface area contributed by atoms with E-state index in [0.29, 0.717) is 0 Å². The zero-order valence-corrected chi connectivity index (χ0v) is 11.3. The van der Waals surface area contributed by atoms with E-state index in [1.54, 1.807) is 0 Å².